The van der Waals surface area contributed by atoms with E-state index < -0.39 is 5.60 Å². The Labute approximate surface area is 116 Å². The van der Waals surface area contributed by atoms with Crippen LogP contribution in [0.2, 0.25) is 0 Å². The molecule has 102 valence electrons. The Hall–Kier alpha value is -1.04. The molecule has 1 amide bonds. The third-order valence-electron chi connectivity index (χ3n) is 2.18. The first-order valence-corrected chi connectivity index (χ1v) is 6.61. The van der Waals surface area contributed by atoms with E-state index in [0.717, 1.165) is 16.7 Å². The van der Waals surface area contributed by atoms with E-state index in [-0.39, 0.29) is 6.09 Å². The number of hydrogen-bond acceptors (Lipinski definition) is 4. The van der Waals surface area contributed by atoms with Gasteiger partial charge in [-0.15, -0.1) is 0 Å². The van der Waals surface area contributed by atoms with Crippen molar-refractivity contribution in [1.29, 1.82) is 0 Å². The van der Waals surface area contributed by atoms with Gasteiger partial charge in [-0.1, -0.05) is 12.1 Å². The van der Waals surface area contributed by atoms with Crippen LogP contribution in [0.15, 0.2) is 9.00 Å². The Bertz CT molecular complexity index is 423. The zero-order chi connectivity index (χ0) is 13.9. The van der Waals surface area contributed by atoms with Gasteiger partial charge in [0.15, 0.2) is 5.76 Å². The highest BCUT2D eigenvalue weighted by Crippen LogP contribution is 2.23. The zero-order valence-corrected chi connectivity index (χ0v) is 13.0. The lowest BCUT2D eigenvalue weighted by Gasteiger charge is -2.24. The van der Waals surface area contributed by atoms with Gasteiger partial charge in [0.25, 0.3) is 0 Å². The summed E-state index contributed by atoms with van der Waals surface area (Å²) in [5.74, 6) is 0.780. The van der Waals surface area contributed by atoms with Gasteiger partial charge in [-0.3, -0.25) is 0 Å². The van der Waals surface area contributed by atoms with Crippen LogP contribution in [-0.4, -0.2) is 28.8 Å². The molecule has 0 aliphatic heterocycles. The third kappa shape index (κ3) is 4.01. The molecule has 0 saturated carbocycles. The lowest BCUT2D eigenvalue weighted by Crippen LogP contribution is -2.33. The summed E-state index contributed by atoms with van der Waals surface area (Å²) in [6.07, 6.45) is 0.374. The van der Waals surface area contributed by atoms with Crippen molar-refractivity contribution in [2.45, 2.75) is 46.3 Å². The van der Waals surface area contributed by atoms with E-state index in [4.69, 9.17) is 9.26 Å². The summed E-state index contributed by atoms with van der Waals surface area (Å²) in [5.41, 5.74) is 0.196. The van der Waals surface area contributed by atoms with Gasteiger partial charge >= 0.3 is 6.09 Å². The fourth-order valence-electron chi connectivity index (χ4n) is 1.30. The number of rotatable bonds is 3. The summed E-state index contributed by atoms with van der Waals surface area (Å²) in [6, 6.07) is 0. The maximum absolute atomic E-state index is 11.8. The van der Waals surface area contributed by atoms with Crippen molar-refractivity contribution >= 4 is 22.0 Å². The number of ether oxygens (including phenoxy) is 1. The Morgan fingerprint density at radius 1 is 1.50 bits per heavy atom. The molecular formula is C12H19BrN2O3. The second-order valence-electron chi connectivity index (χ2n) is 5.06. The van der Waals surface area contributed by atoms with E-state index in [9.17, 15) is 4.79 Å². The van der Waals surface area contributed by atoms with Crippen molar-refractivity contribution in [2.75, 3.05) is 7.05 Å². The standard InChI is InChI=1S/C12H19BrN2O3/c1-6-9-10(13)8(14-18-9)7-15(5)11(16)17-12(2,3)4/h6-7H2,1-5H3. The van der Waals surface area contributed by atoms with Crippen molar-refractivity contribution in [2.24, 2.45) is 0 Å². The van der Waals surface area contributed by atoms with Gasteiger partial charge in [0, 0.05) is 13.5 Å². The predicted molar refractivity (Wildman–Crippen MR) is 71.3 cm³/mol. The zero-order valence-electron chi connectivity index (χ0n) is 11.4. The minimum absolute atomic E-state index is 0.346. The van der Waals surface area contributed by atoms with E-state index >= 15 is 0 Å². The summed E-state index contributed by atoms with van der Waals surface area (Å²) < 4.78 is 11.2. The molecule has 0 fully saturated rings. The Morgan fingerprint density at radius 3 is 2.56 bits per heavy atom. The van der Waals surface area contributed by atoms with Crippen LogP contribution in [0.25, 0.3) is 0 Å². The van der Waals surface area contributed by atoms with Crippen LogP contribution in [0.4, 0.5) is 4.79 Å². The summed E-state index contributed by atoms with van der Waals surface area (Å²) in [4.78, 5) is 13.2. The number of carbonyl (C=O) groups is 1. The minimum Gasteiger partial charge on any atom is -0.444 e. The van der Waals surface area contributed by atoms with Gasteiger partial charge in [-0.2, -0.15) is 0 Å². The second-order valence-corrected chi connectivity index (χ2v) is 5.85. The molecule has 0 atom stereocenters. The van der Waals surface area contributed by atoms with Gasteiger partial charge in [0.1, 0.15) is 11.3 Å². The molecule has 1 rings (SSSR count). The number of halogens is 1. The van der Waals surface area contributed by atoms with Gasteiger partial charge in [-0.25, -0.2) is 4.79 Å². The minimum atomic E-state index is -0.499. The molecule has 6 heteroatoms. The van der Waals surface area contributed by atoms with Crippen LogP contribution in [0, 0.1) is 0 Å². The van der Waals surface area contributed by atoms with Crippen LogP contribution < -0.4 is 0 Å². The number of hydrogen-bond donors (Lipinski definition) is 0. The summed E-state index contributed by atoms with van der Waals surface area (Å²) in [7, 11) is 1.67. The van der Waals surface area contributed by atoms with Crippen molar-refractivity contribution in [3.8, 4) is 0 Å². The lowest BCUT2D eigenvalue weighted by molar-refractivity contribution is 0.0281. The van der Waals surface area contributed by atoms with Crippen molar-refractivity contribution < 1.29 is 14.1 Å². The highest BCUT2D eigenvalue weighted by Gasteiger charge is 2.22. The predicted octanol–water partition coefficient (Wildman–Crippen LogP) is 3.37. The molecule has 18 heavy (non-hydrogen) atoms. The van der Waals surface area contributed by atoms with Crippen molar-refractivity contribution in [3.05, 3.63) is 15.9 Å². The van der Waals surface area contributed by atoms with E-state index in [0.29, 0.717) is 12.2 Å². The molecule has 0 N–H and O–H groups in total. The molecule has 5 nitrogen and oxygen atoms in total. The van der Waals surface area contributed by atoms with Crippen LogP contribution >= 0.6 is 15.9 Å². The Balaban J connectivity index is 2.67. The van der Waals surface area contributed by atoms with E-state index in [1.807, 2.05) is 27.7 Å². The quantitative estimate of drug-likeness (QED) is 0.857. The SMILES string of the molecule is CCc1onc(CN(C)C(=O)OC(C)(C)C)c1Br. The smallest absolute Gasteiger partial charge is 0.410 e. The summed E-state index contributed by atoms with van der Waals surface area (Å²) >= 11 is 3.42. The second kappa shape index (κ2) is 5.73. The van der Waals surface area contributed by atoms with E-state index in [1.165, 1.54) is 4.90 Å². The molecule has 0 spiro atoms. The molecule has 0 aliphatic carbocycles. The fourth-order valence-corrected chi connectivity index (χ4v) is 1.85. The monoisotopic (exact) mass is 318 g/mol. The maximum atomic E-state index is 11.8. The molecule has 0 saturated heterocycles. The van der Waals surface area contributed by atoms with Gasteiger partial charge < -0.3 is 14.2 Å². The number of aromatic nitrogens is 1. The Kier molecular flexibility index (Phi) is 4.78. The lowest BCUT2D eigenvalue weighted by atomic mass is 10.2. The molecule has 1 aromatic rings. The molecule has 1 aromatic heterocycles. The normalized spacial score (nSPS) is 11.4. The first-order valence-electron chi connectivity index (χ1n) is 5.81. The molecule has 0 bridgehead atoms. The van der Waals surface area contributed by atoms with Crippen molar-refractivity contribution in [3.63, 3.8) is 0 Å². The number of amides is 1. The molecule has 0 unspecified atom stereocenters. The average Bonchev–Trinajstić information content (AvgIpc) is 2.57. The first kappa shape index (κ1) is 15.0. The number of aryl methyl sites for hydroxylation is 1. The van der Waals surface area contributed by atoms with Crippen LogP contribution in [0.3, 0.4) is 0 Å². The van der Waals surface area contributed by atoms with Gasteiger partial charge in [-0.05, 0) is 36.7 Å². The van der Waals surface area contributed by atoms with Crippen LogP contribution in [0.5, 0.6) is 0 Å². The third-order valence-corrected chi connectivity index (χ3v) is 3.08. The molecule has 0 aromatic carbocycles. The van der Waals surface area contributed by atoms with Gasteiger partial charge in [0.05, 0.1) is 11.0 Å². The fraction of sp³-hybridized carbons (Fsp3) is 0.667. The largest absolute Gasteiger partial charge is 0.444 e. The topological polar surface area (TPSA) is 55.6 Å². The number of nitrogens with zero attached hydrogens (tertiary/aromatic N) is 2. The summed E-state index contributed by atoms with van der Waals surface area (Å²) in [5, 5.41) is 3.93. The molecule has 0 aliphatic rings. The van der Waals surface area contributed by atoms with Crippen molar-refractivity contribution in [1.82, 2.24) is 10.1 Å². The summed E-state index contributed by atoms with van der Waals surface area (Å²) in [6.45, 7) is 7.82. The first-order chi connectivity index (χ1) is 8.24. The average molecular weight is 319 g/mol. The van der Waals surface area contributed by atoms with Gasteiger partial charge in [0.2, 0.25) is 0 Å². The molecule has 0 radical (unpaired) electrons. The maximum Gasteiger partial charge on any atom is 0.410 e. The van der Waals surface area contributed by atoms with Crippen LogP contribution in [0.1, 0.15) is 39.1 Å². The molecular weight excluding hydrogens is 300 g/mol. The Morgan fingerprint density at radius 2 is 2.11 bits per heavy atom. The molecule has 1 heterocycles. The number of carbonyl (C=O) groups excluding carboxylic acids is 1. The highest BCUT2D eigenvalue weighted by molar-refractivity contribution is 9.10. The van der Waals surface area contributed by atoms with Crippen LogP contribution in [-0.2, 0) is 17.7 Å². The van der Waals surface area contributed by atoms with E-state index in [1.54, 1.807) is 7.05 Å². The van der Waals surface area contributed by atoms with E-state index in [2.05, 4.69) is 21.1 Å². The highest BCUT2D eigenvalue weighted by atomic mass is 79.9.